The molecule has 0 saturated carbocycles. The number of likely N-dealkylation sites (tertiary alicyclic amines) is 1. The molecule has 0 bridgehead atoms. The van der Waals surface area contributed by atoms with E-state index in [2.05, 4.69) is 35.3 Å². The normalized spacial score (nSPS) is 18.1. The monoisotopic (exact) mass is 338 g/mol. The molecule has 1 saturated heterocycles. The molecule has 0 spiro atoms. The van der Waals surface area contributed by atoms with Gasteiger partial charge in [0.05, 0.1) is 13.2 Å². The van der Waals surface area contributed by atoms with Crippen LogP contribution in [0.1, 0.15) is 25.3 Å². The van der Waals surface area contributed by atoms with Crippen molar-refractivity contribution in [2.45, 2.75) is 37.3 Å². The minimum atomic E-state index is -0.309. The Labute approximate surface area is 144 Å². The van der Waals surface area contributed by atoms with Gasteiger partial charge >= 0.3 is 0 Å². The molecule has 0 aromatic heterocycles. The third kappa shape index (κ3) is 5.99. The third-order valence-corrected chi connectivity index (χ3v) is 5.28. The lowest BCUT2D eigenvalue weighted by Gasteiger charge is -2.31. The van der Waals surface area contributed by atoms with Crippen molar-refractivity contribution in [1.29, 1.82) is 0 Å². The maximum atomic E-state index is 10.2. The van der Waals surface area contributed by atoms with Crippen LogP contribution < -0.4 is 10.1 Å². The van der Waals surface area contributed by atoms with Gasteiger partial charge in [0.25, 0.3) is 0 Å². The second kappa shape index (κ2) is 9.52. The van der Waals surface area contributed by atoms with Gasteiger partial charge in [0, 0.05) is 24.5 Å². The molecule has 1 heterocycles. The van der Waals surface area contributed by atoms with Crippen molar-refractivity contribution in [2.24, 2.45) is 5.92 Å². The predicted molar refractivity (Wildman–Crippen MR) is 97.3 cm³/mol. The molecule has 1 unspecified atom stereocenters. The minimum absolute atomic E-state index is 0.309. The van der Waals surface area contributed by atoms with Crippen LogP contribution in [-0.2, 0) is 6.54 Å². The Kier molecular flexibility index (Phi) is 7.70. The van der Waals surface area contributed by atoms with Gasteiger partial charge in [-0.3, -0.25) is 0 Å². The van der Waals surface area contributed by atoms with Crippen LogP contribution in [0, 0.1) is 5.92 Å². The highest BCUT2D eigenvalue weighted by Crippen LogP contribution is 2.28. The summed E-state index contributed by atoms with van der Waals surface area (Å²) in [4.78, 5) is 3.53. The number of hydrogen-bond donors (Lipinski definition) is 2. The first-order chi connectivity index (χ1) is 11.1. The third-order valence-electron chi connectivity index (χ3n) is 4.50. The van der Waals surface area contributed by atoms with Gasteiger partial charge < -0.3 is 20.1 Å². The molecule has 130 valence electrons. The Hall–Kier alpha value is -0.750. The zero-order valence-corrected chi connectivity index (χ0v) is 15.4. The number of rotatable bonds is 8. The van der Waals surface area contributed by atoms with Crippen LogP contribution in [0.4, 0.5) is 0 Å². The summed E-state index contributed by atoms with van der Waals surface area (Å²) in [7, 11) is 1.70. The molecular formula is C18H30N2O2S. The smallest absolute Gasteiger partial charge is 0.132 e. The Bertz CT molecular complexity index is 476. The first kappa shape index (κ1) is 18.6. The van der Waals surface area contributed by atoms with Crippen molar-refractivity contribution < 1.29 is 9.84 Å². The molecule has 4 nitrogen and oxygen atoms in total. The van der Waals surface area contributed by atoms with E-state index in [0.29, 0.717) is 6.54 Å². The molecule has 0 amide bonds. The van der Waals surface area contributed by atoms with E-state index in [1.807, 2.05) is 6.26 Å². The summed E-state index contributed by atoms with van der Waals surface area (Å²) in [5, 5.41) is 13.5. The summed E-state index contributed by atoms with van der Waals surface area (Å²) in [6, 6.07) is 6.27. The van der Waals surface area contributed by atoms with E-state index >= 15 is 0 Å². The molecular weight excluding hydrogens is 308 g/mol. The van der Waals surface area contributed by atoms with Gasteiger partial charge in [-0.05, 0) is 55.8 Å². The zero-order valence-electron chi connectivity index (χ0n) is 14.5. The number of aliphatic hydroxyl groups excluding tert-OH is 1. The number of benzene rings is 1. The number of hydrogen-bond acceptors (Lipinski definition) is 5. The molecule has 0 radical (unpaired) electrons. The van der Waals surface area contributed by atoms with E-state index in [0.717, 1.165) is 42.7 Å². The summed E-state index contributed by atoms with van der Waals surface area (Å²) >= 11 is 1.69. The van der Waals surface area contributed by atoms with Crippen molar-refractivity contribution in [3.63, 3.8) is 0 Å². The quantitative estimate of drug-likeness (QED) is 0.714. The molecule has 1 aromatic rings. The summed E-state index contributed by atoms with van der Waals surface area (Å²) in [5.74, 6) is 1.75. The van der Waals surface area contributed by atoms with E-state index in [9.17, 15) is 5.11 Å². The number of β-amino-alcohol motifs (C(OH)–C–C–N with tert-alkyl or cyclic N) is 1. The molecule has 5 heteroatoms. The number of thioether (sulfide) groups is 1. The molecule has 23 heavy (non-hydrogen) atoms. The average molecular weight is 339 g/mol. The lowest BCUT2D eigenvalue weighted by Crippen LogP contribution is -2.41. The Balaban J connectivity index is 1.72. The standard InChI is InChI=1S/C18H30N2O2S/c1-14-6-8-20(9-7-14)13-16(21)12-19-11-15-4-5-18(23-3)17(10-15)22-2/h4-5,10,14,16,19,21H,6-9,11-13H2,1-3H3. The number of methoxy groups -OCH3 is 1. The second-order valence-corrected chi connectivity index (χ2v) is 7.31. The summed E-state index contributed by atoms with van der Waals surface area (Å²) in [6.07, 6.45) is 4.24. The first-order valence-corrected chi connectivity index (χ1v) is 9.67. The van der Waals surface area contributed by atoms with Gasteiger partial charge in [-0.25, -0.2) is 0 Å². The number of nitrogens with zero attached hydrogens (tertiary/aromatic N) is 1. The lowest BCUT2D eigenvalue weighted by molar-refractivity contribution is 0.0907. The molecule has 1 atom stereocenters. The van der Waals surface area contributed by atoms with Gasteiger partial charge in [0.2, 0.25) is 0 Å². The van der Waals surface area contributed by atoms with Crippen LogP contribution in [0.15, 0.2) is 23.1 Å². The van der Waals surface area contributed by atoms with Gasteiger partial charge in [0.15, 0.2) is 0 Å². The van der Waals surface area contributed by atoms with E-state index in [1.54, 1.807) is 18.9 Å². The fourth-order valence-electron chi connectivity index (χ4n) is 2.98. The number of nitrogens with one attached hydrogen (secondary N) is 1. The number of aliphatic hydroxyl groups is 1. The molecule has 2 N–H and O–H groups in total. The van der Waals surface area contributed by atoms with Crippen LogP contribution >= 0.6 is 11.8 Å². The topological polar surface area (TPSA) is 44.7 Å². The SMILES string of the molecule is COc1cc(CNCC(O)CN2CCC(C)CC2)ccc1SC. The van der Waals surface area contributed by atoms with E-state index < -0.39 is 0 Å². The minimum Gasteiger partial charge on any atom is -0.496 e. The van der Waals surface area contributed by atoms with Gasteiger partial charge in [0.1, 0.15) is 5.75 Å². The summed E-state index contributed by atoms with van der Waals surface area (Å²) in [6.45, 7) is 6.69. The fraction of sp³-hybridized carbons (Fsp3) is 0.667. The van der Waals surface area contributed by atoms with E-state index in [4.69, 9.17) is 4.74 Å². The van der Waals surface area contributed by atoms with Gasteiger partial charge in [-0.2, -0.15) is 0 Å². The molecule has 0 aliphatic carbocycles. The molecule has 1 fully saturated rings. The lowest BCUT2D eigenvalue weighted by atomic mass is 9.99. The van der Waals surface area contributed by atoms with Crippen LogP contribution in [-0.4, -0.2) is 55.7 Å². The maximum absolute atomic E-state index is 10.2. The fourth-order valence-corrected chi connectivity index (χ4v) is 3.53. The molecule has 2 rings (SSSR count). The average Bonchev–Trinajstić information content (AvgIpc) is 2.56. The predicted octanol–water partition coefficient (Wildman–Crippen LogP) is 2.60. The number of piperidine rings is 1. The summed E-state index contributed by atoms with van der Waals surface area (Å²) in [5.41, 5.74) is 1.18. The van der Waals surface area contributed by atoms with Gasteiger partial charge in [-0.1, -0.05) is 13.0 Å². The molecule has 1 aliphatic rings. The summed E-state index contributed by atoms with van der Waals surface area (Å²) < 4.78 is 5.41. The first-order valence-electron chi connectivity index (χ1n) is 8.44. The number of ether oxygens (including phenoxy) is 1. The van der Waals surface area contributed by atoms with Crippen LogP contribution in [0.25, 0.3) is 0 Å². The Morgan fingerprint density at radius 3 is 2.78 bits per heavy atom. The Morgan fingerprint density at radius 2 is 2.13 bits per heavy atom. The highest BCUT2D eigenvalue weighted by molar-refractivity contribution is 7.98. The van der Waals surface area contributed by atoms with E-state index in [1.165, 1.54) is 18.4 Å². The molecule has 1 aromatic carbocycles. The zero-order chi connectivity index (χ0) is 16.7. The van der Waals surface area contributed by atoms with Crippen molar-refractivity contribution in [2.75, 3.05) is 39.5 Å². The van der Waals surface area contributed by atoms with Crippen molar-refractivity contribution in [3.05, 3.63) is 23.8 Å². The largest absolute Gasteiger partial charge is 0.496 e. The van der Waals surface area contributed by atoms with Crippen LogP contribution in [0.3, 0.4) is 0 Å². The van der Waals surface area contributed by atoms with Crippen molar-refractivity contribution in [1.82, 2.24) is 10.2 Å². The van der Waals surface area contributed by atoms with Crippen molar-refractivity contribution >= 4 is 11.8 Å². The van der Waals surface area contributed by atoms with Crippen LogP contribution in [0.5, 0.6) is 5.75 Å². The maximum Gasteiger partial charge on any atom is 0.132 e. The highest BCUT2D eigenvalue weighted by atomic mass is 32.2. The van der Waals surface area contributed by atoms with E-state index in [-0.39, 0.29) is 6.10 Å². The molecule has 1 aliphatic heterocycles. The van der Waals surface area contributed by atoms with Crippen molar-refractivity contribution in [3.8, 4) is 5.75 Å². The van der Waals surface area contributed by atoms with Gasteiger partial charge in [-0.15, -0.1) is 11.8 Å². The van der Waals surface area contributed by atoms with Crippen LogP contribution in [0.2, 0.25) is 0 Å². The second-order valence-electron chi connectivity index (χ2n) is 6.46. The highest BCUT2D eigenvalue weighted by Gasteiger charge is 2.18. The Morgan fingerprint density at radius 1 is 1.39 bits per heavy atom.